The number of aliphatic hydroxyl groups excluding tert-OH is 1. The number of fused-ring (bicyclic) bond motifs is 1. The van der Waals surface area contributed by atoms with Crippen LogP contribution >= 0.6 is 0 Å². The Morgan fingerprint density at radius 2 is 2.14 bits per heavy atom. The fourth-order valence-corrected chi connectivity index (χ4v) is 2.51. The highest BCUT2D eigenvalue weighted by Gasteiger charge is 2.25. The number of aliphatic hydroxyl groups is 1. The molecule has 1 aliphatic heterocycles. The highest BCUT2D eigenvalue weighted by molar-refractivity contribution is 5.68. The Hall–Kier alpha value is -1.59. The van der Waals surface area contributed by atoms with Crippen LogP contribution in [0.5, 0.6) is 0 Å². The molecule has 1 aromatic rings. The van der Waals surface area contributed by atoms with E-state index in [4.69, 9.17) is 9.84 Å². The van der Waals surface area contributed by atoms with E-state index < -0.39 is 5.60 Å². The maximum absolute atomic E-state index is 12.1. The zero-order valence-corrected chi connectivity index (χ0v) is 13.7. The molecule has 0 saturated carbocycles. The lowest BCUT2D eigenvalue weighted by molar-refractivity contribution is 0.0224. The number of benzene rings is 1. The summed E-state index contributed by atoms with van der Waals surface area (Å²) in [6.07, 6.45) is 0.606. The summed E-state index contributed by atoms with van der Waals surface area (Å²) in [4.78, 5) is 13.9. The topological polar surface area (TPSA) is 61.8 Å². The van der Waals surface area contributed by atoms with Crippen molar-refractivity contribution < 1.29 is 14.6 Å². The number of carbonyl (C=O) groups is 1. The van der Waals surface area contributed by atoms with Gasteiger partial charge in [0.25, 0.3) is 0 Å². The fourth-order valence-electron chi connectivity index (χ4n) is 2.51. The van der Waals surface area contributed by atoms with Crippen molar-refractivity contribution in [2.45, 2.75) is 45.9 Å². The molecule has 0 unspecified atom stereocenters. The molecule has 0 bridgehead atoms. The molecule has 0 fully saturated rings. The summed E-state index contributed by atoms with van der Waals surface area (Å²) in [6.45, 7) is 8.45. The molecule has 5 nitrogen and oxygen atoms in total. The van der Waals surface area contributed by atoms with Crippen LogP contribution in [0, 0.1) is 0 Å². The third-order valence-electron chi connectivity index (χ3n) is 3.55. The van der Waals surface area contributed by atoms with Crippen LogP contribution in [0.15, 0.2) is 18.2 Å². The van der Waals surface area contributed by atoms with Gasteiger partial charge in [-0.1, -0.05) is 18.2 Å². The Morgan fingerprint density at radius 1 is 1.36 bits per heavy atom. The zero-order valence-electron chi connectivity index (χ0n) is 13.7. The van der Waals surface area contributed by atoms with Crippen LogP contribution in [0.1, 0.15) is 37.5 Å². The van der Waals surface area contributed by atoms with Crippen molar-refractivity contribution >= 4 is 6.09 Å². The molecule has 5 heteroatoms. The summed E-state index contributed by atoms with van der Waals surface area (Å²) in [5.74, 6) is 0. The first-order valence-electron chi connectivity index (χ1n) is 7.79. The maximum Gasteiger partial charge on any atom is 0.410 e. The van der Waals surface area contributed by atoms with Gasteiger partial charge in [-0.15, -0.1) is 0 Å². The van der Waals surface area contributed by atoms with Gasteiger partial charge in [0.2, 0.25) is 0 Å². The molecular formula is C17H26N2O3. The third-order valence-corrected chi connectivity index (χ3v) is 3.55. The monoisotopic (exact) mass is 306 g/mol. The van der Waals surface area contributed by atoms with Crippen molar-refractivity contribution in [3.63, 3.8) is 0 Å². The van der Waals surface area contributed by atoms with Gasteiger partial charge >= 0.3 is 6.09 Å². The molecule has 1 amide bonds. The first kappa shape index (κ1) is 16.8. The molecule has 0 atom stereocenters. The molecule has 0 saturated heterocycles. The van der Waals surface area contributed by atoms with Gasteiger partial charge in [0, 0.05) is 26.2 Å². The highest BCUT2D eigenvalue weighted by Crippen LogP contribution is 2.22. The summed E-state index contributed by atoms with van der Waals surface area (Å²) in [6, 6.07) is 6.34. The van der Waals surface area contributed by atoms with Crippen molar-refractivity contribution in [3.8, 4) is 0 Å². The number of ether oxygens (including phenoxy) is 1. The maximum atomic E-state index is 12.1. The zero-order chi connectivity index (χ0) is 16.2. The third kappa shape index (κ3) is 4.71. The Labute approximate surface area is 132 Å². The van der Waals surface area contributed by atoms with E-state index in [0.29, 0.717) is 19.6 Å². The number of hydrogen-bond acceptors (Lipinski definition) is 4. The average Bonchev–Trinajstić information content (AvgIpc) is 2.45. The minimum Gasteiger partial charge on any atom is -0.444 e. The summed E-state index contributed by atoms with van der Waals surface area (Å²) < 4.78 is 5.43. The van der Waals surface area contributed by atoms with E-state index >= 15 is 0 Å². The van der Waals surface area contributed by atoms with E-state index in [0.717, 1.165) is 13.0 Å². The molecule has 2 N–H and O–H groups in total. The van der Waals surface area contributed by atoms with Crippen LogP contribution < -0.4 is 5.32 Å². The van der Waals surface area contributed by atoms with E-state index in [-0.39, 0.29) is 12.7 Å². The standard InChI is InChI=1S/C17H26N2O3/c1-17(2,3)22-16(21)19-8-6-14-10-13(11-18-7-9-20)4-5-15(14)12-19/h4-5,10,18,20H,6-9,11-12H2,1-3H3. The molecule has 122 valence electrons. The van der Waals surface area contributed by atoms with Gasteiger partial charge in [-0.05, 0) is 43.9 Å². The van der Waals surface area contributed by atoms with Crippen molar-refractivity contribution in [2.24, 2.45) is 0 Å². The minimum atomic E-state index is -0.459. The normalized spacial score (nSPS) is 14.6. The SMILES string of the molecule is CC(C)(C)OC(=O)N1CCc2cc(CNCCO)ccc2C1. The Balaban J connectivity index is 1.98. The second kappa shape index (κ2) is 7.11. The molecule has 1 aliphatic rings. The lowest BCUT2D eigenvalue weighted by Crippen LogP contribution is -2.39. The van der Waals surface area contributed by atoms with Crippen LogP contribution in [-0.2, 0) is 24.2 Å². The van der Waals surface area contributed by atoms with E-state index in [1.165, 1.54) is 16.7 Å². The smallest absolute Gasteiger partial charge is 0.410 e. The van der Waals surface area contributed by atoms with Crippen LogP contribution in [-0.4, -0.2) is 41.4 Å². The van der Waals surface area contributed by atoms with Crippen molar-refractivity contribution in [2.75, 3.05) is 19.7 Å². The molecule has 0 spiro atoms. The Bertz CT molecular complexity index is 523. The first-order chi connectivity index (χ1) is 10.4. The molecule has 0 aromatic heterocycles. The molecular weight excluding hydrogens is 280 g/mol. The molecule has 1 aromatic carbocycles. The van der Waals surface area contributed by atoms with Crippen LogP contribution in [0.4, 0.5) is 4.79 Å². The second-order valence-electron chi connectivity index (χ2n) is 6.66. The highest BCUT2D eigenvalue weighted by atomic mass is 16.6. The number of amides is 1. The Morgan fingerprint density at radius 3 is 2.82 bits per heavy atom. The summed E-state index contributed by atoms with van der Waals surface area (Å²) >= 11 is 0. The molecule has 0 radical (unpaired) electrons. The van der Waals surface area contributed by atoms with Crippen LogP contribution in [0.3, 0.4) is 0 Å². The summed E-state index contributed by atoms with van der Waals surface area (Å²) in [5.41, 5.74) is 3.23. The van der Waals surface area contributed by atoms with Gasteiger partial charge in [0.05, 0.1) is 6.61 Å². The molecule has 1 heterocycles. The van der Waals surface area contributed by atoms with E-state index in [9.17, 15) is 4.79 Å². The molecule has 22 heavy (non-hydrogen) atoms. The predicted molar refractivity (Wildman–Crippen MR) is 85.6 cm³/mol. The van der Waals surface area contributed by atoms with E-state index in [2.05, 4.69) is 23.5 Å². The molecule has 2 rings (SSSR count). The largest absolute Gasteiger partial charge is 0.444 e. The molecule has 0 aliphatic carbocycles. The van der Waals surface area contributed by atoms with Gasteiger partial charge in [-0.2, -0.15) is 0 Å². The number of nitrogens with one attached hydrogen (secondary N) is 1. The predicted octanol–water partition coefficient (Wildman–Crippen LogP) is 2.06. The van der Waals surface area contributed by atoms with Crippen molar-refractivity contribution in [1.82, 2.24) is 10.2 Å². The number of rotatable bonds is 4. The van der Waals surface area contributed by atoms with Gasteiger partial charge in [0.1, 0.15) is 5.60 Å². The van der Waals surface area contributed by atoms with Crippen LogP contribution in [0.2, 0.25) is 0 Å². The van der Waals surface area contributed by atoms with E-state index in [1.54, 1.807) is 4.90 Å². The summed E-state index contributed by atoms with van der Waals surface area (Å²) in [5, 5.41) is 12.0. The van der Waals surface area contributed by atoms with Gasteiger partial charge in [-0.3, -0.25) is 0 Å². The quantitative estimate of drug-likeness (QED) is 0.836. The van der Waals surface area contributed by atoms with Crippen molar-refractivity contribution in [3.05, 3.63) is 34.9 Å². The number of hydrogen-bond donors (Lipinski definition) is 2. The fraction of sp³-hybridized carbons (Fsp3) is 0.588. The van der Waals surface area contributed by atoms with Gasteiger partial charge in [-0.25, -0.2) is 4.79 Å². The second-order valence-corrected chi connectivity index (χ2v) is 6.66. The van der Waals surface area contributed by atoms with Crippen LogP contribution in [0.25, 0.3) is 0 Å². The van der Waals surface area contributed by atoms with Gasteiger partial charge < -0.3 is 20.1 Å². The lowest BCUT2D eigenvalue weighted by atomic mass is 9.97. The van der Waals surface area contributed by atoms with Gasteiger partial charge in [0.15, 0.2) is 0 Å². The number of nitrogens with zero attached hydrogens (tertiary/aromatic N) is 1. The lowest BCUT2D eigenvalue weighted by Gasteiger charge is -2.31. The average molecular weight is 306 g/mol. The van der Waals surface area contributed by atoms with Crippen molar-refractivity contribution in [1.29, 1.82) is 0 Å². The minimum absolute atomic E-state index is 0.149. The Kier molecular flexibility index (Phi) is 5.42. The summed E-state index contributed by atoms with van der Waals surface area (Å²) in [7, 11) is 0. The van der Waals surface area contributed by atoms with E-state index in [1.807, 2.05) is 20.8 Å². The first-order valence-corrected chi connectivity index (χ1v) is 7.79. The number of carbonyl (C=O) groups excluding carboxylic acids is 1.